The molecule has 0 spiro atoms. The smallest absolute Gasteiger partial charge is 0.311 e. The fourth-order valence-corrected chi connectivity index (χ4v) is 3.08. The minimum atomic E-state index is -3.99. The van der Waals surface area contributed by atoms with Crippen LogP contribution in [0, 0.1) is 11.8 Å². The Morgan fingerprint density at radius 2 is 1.94 bits per heavy atom. The van der Waals surface area contributed by atoms with Gasteiger partial charge in [-0.1, -0.05) is 19.8 Å². The highest BCUT2D eigenvalue weighted by Crippen LogP contribution is 2.40. The van der Waals surface area contributed by atoms with Gasteiger partial charge in [0.2, 0.25) is 0 Å². The van der Waals surface area contributed by atoms with Crippen molar-refractivity contribution in [3.8, 4) is 0 Å². The van der Waals surface area contributed by atoms with Crippen LogP contribution >= 0.6 is 0 Å². The predicted octanol–water partition coefficient (Wildman–Crippen LogP) is 3.89. The summed E-state index contributed by atoms with van der Waals surface area (Å²) in [5, 5.41) is 3.43. The molecule has 2 saturated carbocycles. The Labute approximate surface area is 101 Å². The molecule has 0 aromatic rings. The van der Waals surface area contributed by atoms with E-state index in [1.54, 1.807) is 0 Å². The summed E-state index contributed by atoms with van der Waals surface area (Å²) in [6.45, 7) is 2.16. The molecule has 4 atom stereocenters. The lowest BCUT2D eigenvalue weighted by molar-refractivity contribution is -0.183. The van der Waals surface area contributed by atoms with Crippen LogP contribution in [-0.2, 0) is 0 Å². The van der Waals surface area contributed by atoms with E-state index in [-0.39, 0.29) is 6.04 Å². The lowest BCUT2D eigenvalue weighted by Gasteiger charge is -2.31. The third-order valence-electron chi connectivity index (χ3n) is 4.17. The molecule has 4 unspecified atom stereocenters. The Bertz CT molecular complexity index is 252. The highest BCUT2D eigenvalue weighted by atomic mass is 19.4. The predicted molar refractivity (Wildman–Crippen MR) is 61.7 cm³/mol. The summed E-state index contributed by atoms with van der Waals surface area (Å²) in [5.74, 6) is -0.344. The van der Waals surface area contributed by atoms with Crippen LogP contribution < -0.4 is 5.32 Å². The number of hydrogen-bond donors (Lipinski definition) is 1. The largest absolute Gasteiger partial charge is 0.391 e. The molecule has 1 N–H and O–H groups in total. The zero-order chi connectivity index (χ0) is 12.5. The SMILES string of the molecule is CCCC1CC1NC1CCCC(C(F)(F)F)C1. The number of alkyl halides is 3. The van der Waals surface area contributed by atoms with Crippen molar-refractivity contribution < 1.29 is 13.2 Å². The Kier molecular flexibility index (Phi) is 4.01. The molecule has 2 aliphatic carbocycles. The molecule has 0 radical (unpaired) electrons. The first-order valence-corrected chi connectivity index (χ1v) is 6.83. The molecule has 0 bridgehead atoms. The first-order valence-electron chi connectivity index (χ1n) is 6.83. The molecule has 17 heavy (non-hydrogen) atoms. The number of rotatable bonds is 4. The summed E-state index contributed by atoms with van der Waals surface area (Å²) in [6, 6.07) is 0.606. The molecular weight excluding hydrogens is 227 g/mol. The van der Waals surface area contributed by atoms with E-state index in [9.17, 15) is 13.2 Å². The molecule has 1 nitrogen and oxygen atoms in total. The van der Waals surface area contributed by atoms with E-state index >= 15 is 0 Å². The van der Waals surface area contributed by atoms with Crippen LogP contribution in [0.2, 0.25) is 0 Å². The van der Waals surface area contributed by atoms with Gasteiger partial charge >= 0.3 is 6.18 Å². The van der Waals surface area contributed by atoms with Gasteiger partial charge in [-0.3, -0.25) is 0 Å². The van der Waals surface area contributed by atoms with Crippen LogP contribution in [0.1, 0.15) is 51.9 Å². The Hall–Kier alpha value is -0.250. The lowest BCUT2D eigenvalue weighted by Crippen LogP contribution is -2.40. The zero-order valence-electron chi connectivity index (χ0n) is 10.4. The van der Waals surface area contributed by atoms with Crippen LogP contribution in [0.25, 0.3) is 0 Å². The maximum absolute atomic E-state index is 12.6. The third-order valence-corrected chi connectivity index (χ3v) is 4.17. The van der Waals surface area contributed by atoms with Crippen molar-refractivity contribution in [2.45, 2.75) is 70.1 Å². The molecule has 0 saturated heterocycles. The molecule has 0 heterocycles. The van der Waals surface area contributed by atoms with Gasteiger partial charge in [0.25, 0.3) is 0 Å². The van der Waals surface area contributed by atoms with Gasteiger partial charge in [0.1, 0.15) is 0 Å². The van der Waals surface area contributed by atoms with Gasteiger partial charge in [-0.05, 0) is 38.0 Å². The molecule has 0 amide bonds. The number of nitrogens with one attached hydrogen (secondary N) is 1. The minimum absolute atomic E-state index is 0.0993. The third kappa shape index (κ3) is 3.60. The van der Waals surface area contributed by atoms with Gasteiger partial charge in [0.05, 0.1) is 5.92 Å². The summed E-state index contributed by atoms with van der Waals surface area (Å²) in [7, 11) is 0. The van der Waals surface area contributed by atoms with Crippen LogP contribution in [0.5, 0.6) is 0 Å². The van der Waals surface area contributed by atoms with Crippen molar-refractivity contribution in [1.82, 2.24) is 5.32 Å². The van der Waals surface area contributed by atoms with Crippen molar-refractivity contribution in [2.75, 3.05) is 0 Å². The van der Waals surface area contributed by atoms with Crippen molar-refractivity contribution >= 4 is 0 Å². The van der Waals surface area contributed by atoms with Gasteiger partial charge in [0.15, 0.2) is 0 Å². The van der Waals surface area contributed by atoms with Crippen LogP contribution in [-0.4, -0.2) is 18.3 Å². The van der Waals surface area contributed by atoms with E-state index in [1.807, 2.05) is 0 Å². The standard InChI is InChI=1S/C13H22F3N/c1-2-4-9-7-12(9)17-11-6-3-5-10(8-11)13(14,15)16/h9-12,17H,2-8H2,1H3. The van der Waals surface area contributed by atoms with E-state index in [0.717, 1.165) is 12.3 Å². The fraction of sp³-hybridized carbons (Fsp3) is 1.00. The Morgan fingerprint density at radius 1 is 1.18 bits per heavy atom. The molecule has 2 aliphatic rings. The molecule has 100 valence electrons. The molecular formula is C13H22F3N. The Balaban J connectivity index is 1.75. The highest BCUT2D eigenvalue weighted by Gasteiger charge is 2.44. The summed E-state index contributed by atoms with van der Waals surface area (Å²) >= 11 is 0. The second kappa shape index (κ2) is 5.17. The van der Waals surface area contributed by atoms with Gasteiger partial charge in [-0.2, -0.15) is 13.2 Å². The van der Waals surface area contributed by atoms with Gasteiger partial charge < -0.3 is 5.32 Å². The van der Waals surface area contributed by atoms with Crippen molar-refractivity contribution in [1.29, 1.82) is 0 Å². The maximum atomic E-state index is 12.6. The monoisotopic (exact) mass is 249 g/mol. The maximum Gasteiger partial charge on any atom is 0.391 e. The first kappa shape index (κ1) is 13.2. The molecule has 4 heteroatoms. The van der Waals surface area contributed by atoms with Gasteiger partial charge in [-0.25, -0.2) is 0 Å². The molecule has 2 rings (SSSR count). The fourth-order valence-electron chi connectivity index (χ4n) is 3.08. The van der Waals surface area contributed by atoms with Crippen molar-refractivity contribution in [3.63, 3.8) is 0 Å². The quantitative estimate of drug-likeness (QED) is 0.797. The van der Waals surface area contributed by atoms with E-state index < -0.39 is 12.1 Å². The van der Waals surface area contributed by atoms with Crippen molar-refractivity contribution in [2.24, 2.45) is 11.8 Å². The zero-order valence-corrected chi connectivity index (χ0v) is 10.4. The normalized spacial score (nSPS) is 38.1. The molecule has 2 fully saturated rings. The Morgan fingerprint density at radius 3 is 2.59 bits per heavy atom. The second-order valence-electron chi connectivity index (χ2n) is 5.66. The summed E-state index contributed by atoms with van der Waals surface area (Å²) in [6.07, 6.45) is 1.82. The summed E-state index contributed by atoms with van der Waals surface area (Å²) in [4.78, 5) is 0. The van der Waals surface area contributed by atoms with Gasteiger partial charge in [-0.15, -0.1) is 0 Å². The molecule has 0 aromatic carbocycles. The van der Waals surface area contributed by atoms with Gasteiger partial charge in [0, 0.05) is 12.1 Å². The summed E-state index contributed by atoms with van der Waals surface area (Å²) in [5.41, 5.74) is 0. The second-order valence-corrected chi connectivity index (χ2v) is 5.66. The number of halogens is 3. The summed E-state index contributed by atoms with van der Waals surface area (Å²) < 4.78 is 37.9. The van der Waals surface area contributed by atoms with E-state index in [2.05, 4.69) is 12.2 Å². The topological polar surface area (TPSA) is 12.0 Å². The van der Waals surface area contributed by atoms with Crippen LogP contribution in [0.3, 0.4) is 0 Å². The van der Waals surface area contributed by atoms with E-state index in [1.165, 1.54) is 19.3 Å². The minimum Gasteiger partial charge on any atom is -0.311 e. The number of hydrogen-bond acceptors (Lipinski definition) is 1. The lowest BCUT2D eigenvalue weighted by atomic mass is 9.85. The first-order chi connectivity index (χ1) is 8.00. The van der Waals surface area contributed by atoms with E-state index in [4.69, 9.17) is 0 Å². The van der Waals surface area contributed by atoms with Crippen LogP contribution in [0.4, 0.5) is 13.2 Å². The average Bonchev–Trinajstić information content (AvgIpc) is 2.96. The molecule has 0 aromatic heterocycles. The van der Waals surface area contributed by atoms with E-state index in [0.29, 0.717) is 25.3 Å². The average molecular weight is 249 g/mol. The molecule has 0 aliphatic heterocycles. The van der Waals surface area contributed by atoms with Crippen LogP contribution in [0.15, 0.2) is 0 Å². The van der Waals surface area contributed by atoms with Crippen molar-refractivity contribution in [3.05, 3.63) is 0 Å². The highest BCUT2D eigenvalue weighted by molar-refractivity contribution is 4.96.